The lowest BCUT2D eigenvalue weighted by atomic mass is 9.96. The number of nitrogens with zero attached hydrogens (tertiary/aromatic N) is 3. The van der Waals surface area contributed by atoms with Gasteiger partial charge in [0.15, 0.2) is 5.82 Å². The molecular weight excluding hydrogens is 382 g/mol. The van der Waals surface area contributed by atoms with Gasteiger partial charge in [-0.25, -0.2) is 0 Å². The number of aryl methyl sites for hydroxylation is 1. The molecule has 3 N–H and O–H groups in total. The molecule has 8 nitrogen and oxygen atoms in total. The lowest BCUT2D eigenvalue weighted by Gasteiger charge is -2.33. The largest absolute Gasteiger partial charge is 0.370 e. The Morgan fingerprint density at radius 2 is 1.80 bits per heavy atom. The Hall–Kier alpha value is -3.68. The third kappa shape index (κ3) is 4.17. The highest BCUT2D eigenvalue weighted by atomic mass is 16.5. The van der Waals surface area contributed by atoms with E-state index in [0.29, 0.717) is 30.1 Å². The van der Waals surface area contributed by atoms with Gasteiger partial charge in [-0.15, -0.1) is 0 Å². The van der Waals surface area contributed by atoms with E-state index >= 15 is 0 Å². The van der Waals surface area contributed by atoms with Gasteiger partial charge < -0.3 is 20.5 Å². The number of hydrogen-bond acceptors (Lipinski definition) is 6. The maximum absolute atomic E-state index is 12.8. The summed E-state index contributed by atoms with van der Waals surface area (Å²) >= 11 is 0. The lowest BCUT2D eigenvalue weighted by molar-refractivity contribution is -0.122. The average Bonchev–Trinajstić information content (AvgIpc) is 3.20. The molecule has 8 heteroatoms. The number of piperidine rings is 1. The number of primary amides is 1. The predicted molar refractivity (Wildman–Crippen MR) is 113 cm³/mol. The molecule has 0 radical (unpaired) electrons. The van der Waals surface area contributed by atoms with Crippen LogP contribution in [0.25, 0.3) is 11.5 Å². The van der Waals surface area contributed by atoms with Crippen molar-refractivity contribution in [1.82, 2.24) is 10.1 Å². The third-order valence-electron chi connectivity index (χ3n) is 5.31. The van der Waals surface area contributed by atoms with Crippen LogP contribution in [0.5, 0.6) is 0 Å². The topological polar surface area (TPSA) is 114 Å². The second kappa shape index (κ2) is 8.36. The van der Waals surface area contributed by atoms with E-state index in [1.165, 1.54) is 0 Å². The van der Waals surface area contributed by atoms with Crippen molar-refractivity contribution in [3.05, 3.63) is 59.9 Å². The summed E-state index contributed by atoms with van der Waals surface area (Å²) in [4.78, 5) is 30.6. The molecule has 0 atom stereocenters. The summed E-state index contributed by atoms with van der Waals surface area (Å²) < 4.78 is 5.16. The molecule has 0 unspecified atom stereocenters. The van der Waals surface area contributed by atoms with E-state index in [-0.39, 0.29) is 17.7 Å². The lowest BCUT2D eigenvalue weighted by Crippen LogP contribution is -2.38. The quantitative estimate of drug-likeness (QED) is 0.674. The Morgan fingerprint density at radius 1 is 1.10 bits per heavy atom. The number of carbonyl (C=O) groups is 2. The zero-order chi connectivity index (χ0) is 21.1. The van der Waals surface area contributed by atoms with Gasteiger partial charge in [-0.1, -0.05) is 17.3 Å². The molecule has 1 aliphatic heterocycles. The van der Waals surface area contributed by atoms with Crippen LogP contribution in [0, 0.1) is 12.8 Å². The molecule has 2 aromatic carbocycles. The van der Waals surface area contributed by atoms with E-state index in [2.05, 4.69) is 20.4 Å². The summed E-state index contributed by atoms with van der Waals surface area (Å²) in [7, 11) is 0. The first-order chi connectivity index (χ1) is 14.5. The Labute approximate surface area is 174 Å². The van der Waals surface area contributed by atoms with Crippen molar-refractivity contribution < 1.29 is 14.1 Å². The molecule has 2 heterocycles. The van der Waals surface area contributed by atoms with Gasteiger partial charge in [0.2, 0.25) is 5.91 Å². The fraction of sp³-hybridized carbons (Fsp3) is 0.273. The van der Waals surface area contributed by atoms with Gasteiger partial charge in [0.05, 0.1) is 11.4 Å². The van der Waals surface area contributed by atoms with Crippen LogP contribution in [0.15, 0.2) is 53.1 Å². The highest BCUT2D eigenvalue weighted by Gasteiger charge is 2.24. The minimum Gasteiger partial charge on any atom is -0.370 e. The van der Waals surface area contributed by atoms with Crippen molar-refractivity contribution in [3.8, 4) is 11.5 Å². The molecule has 1 fully saturated rings. The van der Waals surface area contributed by atoms with Crippen LogP contribution in [-0.4, -0.2) is 35.0 Å². The van der Waals surface area contributed by atoms with Crippen molar-refractivity contribution in [3.63, 3.8) is 0 Å². The number of aromatic nitrogens is 2. The predicted octanol–water partition coefficient (Wildman–Crippen LogP) is 3.00. The normalized spacial score (nSPS) is 14.5. The fourth-order valence-electron chi connectivity index (χ4n) is 3.63. The van der Waals surface area contributed by atoms with Crippen LogP contribution in [0.3, 0.4) is 0 Å². The minimum absolute atomic E-state index is 0.0795. The van der Waals surface area contributed by atoms with E-state index in [0.717, 1.165) is 30.0 Å². The molecule has 2 amide bonds. The van der Waals surface area contributed by atoms with Crippen LogP contribution < -0.4 is 16.0 Å². The molecule has 1 aromatic heterocycles. The highest BCUT2D eigenvalue weighted by Crippen LogP contribution is 2.30. The van der Waals surface area contributed by atoms with Gasteiger partial charge in [0.25, 0.3) is 11.8 Å². The van der Waals surface area contributed by atoms with Gasteiger partial charge in [0, 0.05) is 30.1 Å². The van der Waals surface area contributed by atoms with Crippen molar-refractivity contribution in [2.45, 2.75) is 19.8 Å². The molecule has 3 aromatic rings. The number of nitrogens with two attached hydrogens (primary N) is 1. The van der Waals surface area contributed by atoms with Crippen LogP contribution in [-0.2, 0) is 4.79 Å². The van der Waals surface area contributed by atoms with Gasteiger partial charge in [-0.3, -0.25) is 9.59 Å². The molecule has 0 spiro atoms. The molecule has 1 aliphatic rings. The summed E-state index contributed by atoms with van der Waals surface area (Å²) in [5.41, 5.74) is 8.38. The molecule has 4 rings (SSSR count). The number of amides is 2. The molecule has 0 saturated carbocycles. The second-order valence-electron chi connectivity index (χ2n) is 7.36. The van der Waals surface area contributed by atoms with Crippen LogP contribution in [0.4, 0.5) is 11.4 Å². The fourth-order valence-corrected chi connectivity index (χ4v) is 3.63. The van der Waals surface area contributed by atoms with Crippen molar-refractivity contribution in [2.24, 2.45) is 11.7 Å². The average molecular weight is 405 g/mol. The first kappa shape index (κ1) is 19.6. The third-order valence-corrected chi connectivity index (χ3v) is 5.31. The minimum atomic E-state index is -0.240. The van der Waals surface area contributed by atoms with Crippen LogP contribution in [0.2, 0.25) is 0 Å². The van der Waals surface area contributed by atoms with Crippen LogP contribution in [0.1, 0.15) is 29.0 Å². The first-order valence-corrected chi connectivity index (χ1v) is 9.86. The number of nitrogens with one attached hydrogen (secondary N) is 1. The van der Waals surface area contributed by atoms with Gasteiger partial charge >= 0.3 is 0 Å². The van der Waals surface area contributed by atoms with Crippen molar-refractivity contribution in [1.29, 1.82) is 0 Å². The zero-order valence-electron chi connectivity index (χ0n) is 16.7. The number of para-hydroxylation sites is 2. The van der Waals surface area contributed by atoms with Crippen LogP contribution >= 0.6 is 0 Å². The smallest absolute Gasteiger partial charge is 0.257 e. The molecule has 30 heavy (non-hydrogen) atoms. The Kier molecular flexibility index (Phi) is 5.47. The summed E-state index contributed by atoms with van der Waals surface area (Å²) in [6.45, 7) is 3.19. The van der Waals surface area contributed by atoms with Gasteiger partial charge in [-0.2, -0.15) is 4.98 Å². The number of carbonyl (C=O) groups excluding carboxylic acids is 2. The Balaban J connectivity index is 1.47. The first-order valence-electron chi connectivity index (χ1n) is 9.86. The highest BCUT2D eigenvalue weighted by molar-refractivity contribution is 6.06. The standard InChI is InChI=1S/C22H23N5O3/c1-14-24-22(30-26-14)17-8-6-16(7-9-17)21(29)25-18-4-2-3-5-19(18)27-12-10-15(11-13-27)20(23)28/h2-9,15H,10-13H2,1H3,(H2,23,28)(H,25,29). The number of benzene rings is 2. The summed E-state index contributed by atoms with van der Waals surface area (Å²) in [5, 5.41) is 6.78. The van der Waals surface area contributed by atoms with E-state index in [9.17, 15) is 9.59 Å². The van der Waals surface area contributed by atoms with E-state index < -0.39 is 0 Å². The molecule has 1 saturated heterocycles. The van der Waals surface area contributed by atoms with Crippen molar-refractivity contribution >= 4 is 23.2 Å². The Bertz CT molecular complexity index is 1050. The van der Waals surface area contributed by atoms with Gasteiger partial charge in [0.1, 0.15) is 0 Å². The number of anilines is 2. The van der Waals surface area contributed by atoms with E-state index in [1.54, 1.807) is 31.2 Å². The maximum Gasteiger partial charge on any atom is 0.257 e. The molecular formula is C22H23N5O3. The van der Waals surface area contributed by atoms with Gasteiger partial charge in [-0.05, 0) is 56.2 Å². The molecule has 0 bridgehead atoms. The Morgan fingerprint density at radius 3 is 2.43 bits per heavy atom. The SMILES string of the molecule is Cc1noc(-c2ccc(C(=O)Nc3ccccc3N3CCC(C(N)=O)CC3)cc2)n1. The number of rotatable bonds is 5. The number of hydrogen-bond donors (Lipinski definition) is 2. The second-order valence-corrected chi connectivity index (χ2v) is 7.36. The van der Waals surface area contributed by atoms with Crippen molar-refractivity contribution in [2.75, 3.05) is 23.3 Å². The maximum atomic E-state index is 12.8. The summed E-state index contributed by atoms with van der Waals surface area (Å²) in [5.74, 6) is 0.453. The summed E-state index contributed by atoms with van der Waals surface area (Å²) in [6, 6.07) is 14.7. The zero-order valence-corrected chi connectivity index (χ0v) is 16.7. The van der Waals surface area contributed by atoms with E-state index in [1.807, 2.05) is 24.3 Å². The van der Waals surface area contributed by atoms with E-state index in [4.69, 9.17) is 10.3 Å². The molecule has 154 valence electrons. The monoisotopic (exact) mass is 405 g/mol. The summed E-state index contributed by atoms with van der Waals surface area (Å²) in [6.07, 6.45) is 1.43. The molecule has 0 aliphatic carbocycles.